The summed E-state index contributed by atoms with van der Waals surface area (Å²) in [7, 11) is 0. The van der Waals surface area contributed by atoms with E-state index in [1.807, 2.05) is 26.0 Å². The number of nitrogens with one attached hydrogen (secondary N) is 1. The Morgan fingerprint density at radius 2 is 2.05 bits per heavy atom. The molecule has 1 N–H and O–H groups in total. The van der Waals surface area contributed by atoms with Crippen LogP contribution >= 0.6 is 0 Å². The highest BCUT2D eigenvalue weighted by Gasteiger charge is 2.23. The summed E-state index contributed by atoms with van der Waals surface area (Å²) in [6.07, 6.45) is 1.94. The monoisotopic (exact) mass is 256 g/mol. The van der Waals surface area contributed by atoms with Crippen molar-refractivity contribution in [3.63, 3.8) is 0 Å². The molecule has 0 fully saturated rings. The molecule has 1 unspecified atom stereocenters. The van der Waals surface area contributed by atoms with Crippen molar-refractivity contribution < 1.29 is 4.39 Å². The molecule has 1 aliphatic rings. The Hall–Kier alpha value is -1.90. The van der Waals surface area contributed by atoms with Crippen LogP contribution in [0.2, 0.25) is 0 Å². The van der Waals surface area contributed by atoms with Crippen molar-refractivity contribution in [1.29, 1.82) is 0 Å². The van der Waals surface area contributed by atoms with Crippen LogP contribution in [-0.4, -0.2) is 4.98 Å². The summed E-state index contributed by atoms with van der Waals surface area (Å²) < 4.78 is 13.2. The maximum Gasteiger partial charge on any atom is 0.123 e. The lowest BCUT2D eigenvalue weighted by Crippen LogP contribution is -2.09. The van der Waals surface area contributed by atoms with Gasteiger partial charge >= 0.3 is 0 Å². The molecule has 0 bridgehead atoms. The van der Waals surface area contributed by atoms with Crippen LogP contribution in [0.1, 0.15) is 35.0 Å². The van der Waals surface area contributed by atoms with Gasteiger partial charge in [0.05, 0.1) is 17.4 Å². The molecule has 1 aliphatic carbocycles. The first-order valence-electron chi connectivity index (χ1n) is 6.62. The van der Waals surface area contributed by atoms with Crippen molar-refractivity contribution in [3.8, 4) is 0 Å². The predicted molar refractivity (Wildman–Crippen MR) is 74.8 cm³/mol. The van der Waals surface area contributed by atoms with Gasteiger partial charge in [-0.2, -0.15) is 0 Å². The van der Waals surface area contributed by atoms with Gasteiger partial charge in [-0.25, -0.2) is 4.39 Å². The number of anilines is 1. The summed E-state index contributed by atoms with van der Waals surface area (Å²) >= 11 is 0. The first-order chi connectivity index (χ1) is 9.13. The Bertz CT molecular complexity index is 622. The first kappa shape index (κ1) is 12.2. The van der Waals surface area contributed by atoms with E-state index < -0.39 is 0 Å². The van der Waals surface area contributed by atoms with Crippen molar-refractivity contribution in [1.82, 2.24) is 4.98 Å². The highest BCUT2D eigenvalue weighted by atomic mass is 19.1. The van der Waals surface area contributed by atoms with Crippen molar-refractivity contribution in [2.75, 3.05) is 5.32 Å². The minimum Gasteiger partial charge on any atom is -0.377 e. The van der Waals surface area contributed by atoms with Crippen LogP contribution in [-0.2, 0) is 6.42 Å². The molecule has 1 aromatic carbocycles. The van der Waals surface area contributed by atoms with Crippen LogP contribution in [0.5, 0.6) is 0 Å². The van der Waals surface area contributed by atoms with Crippen molar-refractivity contribution in [2.45, 2.75) is 32.7 Å². The molecule has 2 nitrogen and oxygen atoms in total. The van der Waals surface area contributed by atoms with E-state index >= 15 is 0 Å². The molecule has 0 amide bonds. The number of fused-ring (bicyclic) bond motifs is 1. The second kappa shape index (κ2) is 4.65. The summed E-state index contributed by atoms with van der Waals surface area (Å²) in [6.45, 7) is 4.00. The molecule has 19 heavy (non-hydrogen) atoms. The molecule has 0 radical (unpaired) electrons. The Morgan fingerprint density at radius 1 is 1.21 bits per heavy atom. The summed E-state index contributed by atoms with van der Waals surface area (Å²) in [5, 5.41) is 3.53. The lowest BCUT2D eigenvalue weighted by molar-refractivity contribution is 0.626. The average molecular weight is 256 g/mol. The van der Waals surface area contributed by atoms with E-state index in [9.17, 15) is 4.39 Å². The average Bonchev–Trinajstić information content (AvgIpc) is 2.75. The molecule has 3 heteroatoms. The smallest absolute Gasteiger partial charge is 0.123 e. The third-order valence-corrected chi connectivity index (χ3v) is 3.74. The van der Waals surface area contributed by atoms with Crippen LogP contribution in [0.3, 0.4) is 0 Å². The summed E-state index contributed by atoms with van der Waals surface area (Å²) in [4.78, 5) is 4.46. The molecule has 0 saturated carbocycles. The van der Waals surface area contributed by atoms with Gasteiger partial charge in [-0.05, 0) is 62.1 Å². The van der Waals surface area contributed by atoms with Crippen molar-refractivity contribution in [2.24, 2.45) is 0 Å². The van der Waals surface area contributed by atoms with Gasteiger partial charge in [0.1, 0.15) is 5.82 Å². The fourth-order valence-corrected chi connectivity index (χ4v) is 2.76. The van der Waals surface area contributed by atoms with Gasteiger partial charge in [0, 0.05) is 5.69 Å². The first-order valence-corrected chi connectivity index (χ1v) is 6.62. The second-order valence-electron chi connectivity index (χ2n) is 5.16. The minimum absolute atomic E-state index is 0.146. The van der Waals surface area contributed by atoms with Crippen molar-refractivity contribution in [3.05, 3.63) is 58.7 Å². The van der Waals surface area contributed by atoms with E-state index in [1.165, 1.54) is 5.56 Å². The number of pyridine rings is 1. The number of hydrogen-bond donors (Lipinski definition) is 1. The quantitative estimate of drug-likeness (QED) is 0.880. The molecule has 98 valence electrons. The van der Waals surface area contributed by atoms with Crippen LogP contribution < -0.4 is 5.32 Å². The maximum absolute atomic E-state index is 13.2. The van der Waals surface area contributed by atoms with Crippen LogP contribution in [0.4, 0.5) is 10.1 Å². The molecule has 1 heterocycles. The van der Waals surface area contributed by atoms with Gasteiger partial charge in [0.25, 0.3) is 0 Å². The number of rotatable bonds is 2. The van der Waals surface area contributed by atoms with E-state index in [2.05, 4.69) is 16.4 Å². The minimum atomic E-state index is -0.146. The molecule has 1 atom stereocenters. The van der Waals surface area contributed by atoms with E-state index in [4.69, 9.17) is 0 Å². The van der Waals surface area contributed by atoms with E-state index in [-0.39, 0.29) is 11.9 Å². The maximum atomic E-state index is 13.2. The highest BCUT2D eigenvalue weighted by molar-refractivity contribution is 5.51. The SMILES string of the molecule is Cc1ccc(NC2CCc3cc(F)ccc32)c(C)n1. The Balaban J connectivity index is 1.86. The molecule has 0 saturated heterocycles. The number of hydrogen-bond acceptors (Lipinski definition) is 2. The second-order valence-corrected chi connectivity index (χ2v) is 5.16. The number of benzene rings is 1. The van der Waals surface area contributed by atoms with E-state index in [0.717, 1.165) is 35.5 Å². The zero-order valence-electron chi connectivity index (χ0n) is 11.2. The lowest BCUT2D eigenvalue weighted by Gasteiger charge is -2.17. The molecular weight excluding hydrogens is 239 g/mol. The number of halogens is 1. The summed E-state index contributed by atoms with van der Waals surface area (Å²) in [5.74, 6) is -0.146. The fourth-order valence-electron chi connectivity index (χ4n) is 2.76. The Morgan fingerprint density at radius 3 is 2.84 bits per heavy atom. The van der Waals surface area contributed by atoms with Crippen LogP contribution in [0, 0.1) is 19.7 Å². The third-order valence-electron chi connectivity index (χ3n) is 3.74. The predicted octanol–water partition coefficient (Wildman–Crippen LogP) is 3.94. The van der Waals surface area contributed by atoms with Gasteiger partial charge in [-0.3, -0.25) is 4.98 Å². The Kier molecular flexibility index (Phi) is 2.97. The lowest BCUT2D eigenvalue weighted by atomic mass is 10.1. The molecule has 3 rings (SSSR count). The van der Waals surface area contributed by atoms with Gasteiger partial charge < -0.3 is 5.32 Å². The molecule has 0 spiro atoms. The molecule has 0 aliphatic heterocycles. The molecular formula is C16H17FN2. The van der Waals surface area contributed by atoms with Crippen LogP contribution in [0.25, 0.3) is 0 Å². The zero-order valence-corrected chi connectivity index (χ0v) is 11.2. The number of nitrogens with zero attached hydrogens (tertiary/aromatic N) is 1. The van der Waals surface area contributed by atoms with Gasteiger partial charge in [0.15, 0.2) is 0 Å². The number of aryl methyl sites for hydroxylation is 3. The van der Waals surface area contributed by atoms with Gasteiger partial charge in [0.2, 0.25) is 0 Å². The van der Waals surface area contributed by atoms with E-state index in [1.54, 1.807) is 12.1 Å². The summed E-state index contributed by atoms with van der Waals surface area (Å²) in [6, 6.07) is 9.43. The Labute approximate surface area is 112 Å². The third kappa shape index (κ3) is 2.33. The number of aromatic nitrogens is 1. The molecule has 1 aromatic heterocycles. The molecule has 2 aromatic rings. The van der Waals surface area contributed by atoms with E-state index in [0.29, 0.717) is 0 Å². The largest absolute Gasteiger partial charge is 0.377 e. The zero-order chi connectivity index (χ0) is 13.4. The van der Waals surface area contributed by atoms with Gasteiger partial charge in [-0.1, -0.05) is 6.07 Å². The standard InChI is InChI=1S/C16H17FN2/c1-10-3-7-15(11(2)18-10)19-16-8-4-12-9-13(17)5-6-14(12)16/h3,5-7,9,16,19H,4,8H2,1-2H3. The summed E-state index contributed by atoms with van der Waals surface area (Å²) in [5.41, 5.74) is 5.43. The highest BCUT2D eigenvalue weighted by Crippen LogP contribution is 2.34. The van der Waals surface area contributed by atoms with Crippen LogP contribution in [0.15, 0.2) is 30.3 Å². The topological polar surface area (TPSA) is 24.9 Å². The normalized spacial score (nSPS) is 17.3. The van der Waals surface area contributed by atoms with Gasteiger partial charge in [-0.15, -0.1) is 0 Å². The fraction of sp³-hybridized carbons (Fsp3) is 0.312. The van der Waals surface area contributed by atoms with Crippen molar-refractivity contribution >= 4 is 5.69 Å².